The van der Waals surface area contributed by atoms with Gasteiger partial charge < -0.3 is 67.8 Å². The fourth-order valence-corrected chi connectivity index (χ4v) is 14.6. The number of cyclic esters (lactones) is 1. The van der Waals surface area contributed by atoms with Crippen molar-refractivity contribution in [2.45, 2.75) is 176 Å². The molecule has 1 aromatic carbocycles. The van der Waals surface area contributed by atoms with Crippen LogP contribution in [0.15, 0.2) is 24.5 Å². The van der Waals surface area contributed by atoms with E-state index >= 15 is 4.79 Å². The van der Waals surface area contributed by atoms with Gasteiger partial charge in [0, 0.05) is 73.9 Å². The van der Waals surface area contributed by atoms with Crippen LogP contribution in [0.25, 0.3) is 0 Å². The highest BCUT2D eigenvalue weighted by molar-refractivity contribution is 14.1. The van der Waals surface area contributed by atoms with Crippen LogP contribution in [0.5, 0.6) is 11.5 Å². The molecular weight excluding hydrogens is 1190 g/mol. The van der Waals surface area contributed by atoms with E-state index in [0.29, 0.717) is 42.1 Å². The maximum absolute atomic E-state index is 15.3. The van der Waals surface area contributed by atoms with Gasteiger partial charge in [-0.2, -0.15) is 0 Å². The summed E-state index contributed by atoms with van der Waals surface area (Å²) in [6, 6.07) is 2.91. The average molecular weight is 1270 g/mol. The number of fused-ring (bicyclic) bond motifs is 1. The molecule has 0 aliphatic carbocycles. The van der Waals surface area contributed by atoms with Crippen LogP contribution in [0, 0.1) is 29.6 Å². The number of aliphatic hydroxyl groups is 2. The van der Waals surface area contributed by atoms with Gasteiger partial charge >= 0.3 is 11.9 Å². The number of amides is 1. The molecule has 438 valence electrons. The fourth-order valence-electron chi connectivity index (χ4n) is 11.9. The van der Waals surface area contributed by atoms with Crippen LogP contribution in [0.1, 0.15) is 104 Å². The average Bonchev–Trinajstić information content (AvgIpc) is 3.70. The summed E-state index contributed by atoms with van der Waals surface area (Å²) in [5.41, 5.74) is -2.91. The normalized spacial score (nSPS) is 38.0. The Labute approximate surface area is 486 Å². The Kier molecular flexibility index (Phi) is 22.1. The number of Topliss-reactive ketones (excluding diaryl/α,β-unsaturated/α-hetero) is 1. The van der Waals surface area contributed by atoms with Crippen molar-refractivity contribution in [3.8, 4) is 11.5 Å². The molecule has 19 nitrogen and oxygen atoms in total. The van der Waals surface area contributed by atoms with Gasteiger partial charge in [0.25, 0.3) is 5.91 Å². The predicted molar refractivity (Wildman–Crippen MR) is 302 cm³/mol. The standard InChI is InChI=1S/C55H80Cl2IN3O16S/c1-26-22-54(8,71-15)47(75-51-42(63)36(61(10)11)21-27(2)72-51)29(4)43(74-38-23-53(7,70-14)46(64)31(6)73-38)30(5)49(66)76-52(58)55(9)39(28(3)41(26)62)45(50(67)77-55)78-20-16-17-32-33(18-19-37(68-12)44(32)69-13)48(65)60-40-34(56)24-59-25-35(40)57/h18-19,24-31,36,38-39,42-43,45-47,51-52,63-64H,16-17,20-23H2,1-15H3,(H,59,60,65)/t26-,27-,28-,29+,30-,31+,36+,38+,39+,42-,43+,45+,46+,47-,51+,52+,53-,54-,55+/m1/s1. The van der Waals surface area contributed by atoms with E-state index < -0.39 is 117 Å². The number of pyridine rings is 1. The van der Waals surface area contributed by atoms with E-state index in [0.717, 1.165) is 0 Å². The number of alkyl halides is 1. The van der Waals surface area contributed by atoms with Crippen molar-refractivity contribution < 1.29 is 76.8 Å². The molecule has 19 atom stereocenters. The number of benzene rings is 1. The van der Waals surface area contributed by atoms with Crippen LogP contribution in [0.3, 0.4) is 0 Å². The fraction of sp³-hybridized carbons (Fsp3) is 0.727. The van der Waals surface area contributed by atoms with Crippen LogP contribution < -0.4 is 14.8 Å². The number of halogens is 3. The molecule has 6 rings (SSSR count). The van der Waals surface area contributed by atoms with Gasteiger partial charge in [0.2, 0.25) is 0 Å². The van der Waals surface area contributed by atoms with Crippen LogP contribution in [0.4, 0.5) is 5.69 Å². The molecule has 2 aromatic rings. The van der Waals surface area contributed by atoms with E-state index in [1.165, 1.54) is 52.6 Å². The molecule has 0 saturated carbocycles. The molecule has 0 bridgehead atoms. The summed E-state index contributed by atoms with van der Waals surface area (Å²) < 4.78 is 61.9. The summed E-state index contributed by atoms with van der Waals surface area (Å²) in [5.74, 6) is -5.07. The van der Waals surface area contributed by atoms with E-state index in [1.54, 1.807) is 46.8 Å². The molecule has 0 radical (unpaired) electrons. The maximum Gasteiger partial charge on any atom is 0.320 e. The minimum atomic E-state index is -1.51. The first-order chi connectivity index (χ1) is 36.6. The molecule has 3 N–H and O–H groups in total. The van der Waals surface area contributed by atoms with E-state index in [-0.39, 0.29) is 52.1 Å². The van der Waals surface area contributed by atoms with Gasteiger partial charge in [-0.15, -0.1) is 11.8 Å². The topological polar surface area (TPSA) is 229 Å². The molecule has 4 aliphatic rings. The summed E-state index contributed by atoms with van der Waals surface area (Å²) >= 11 is 16.0. The number of ketones is 1. The van der Waals surface area contributed by atoms with Crippen molar-refractivity contribution in [1.29, 1.82) is 0 Å². The number of likely N-dealkylation sites (N-methyl/N-ethyl adjacent to an activating group) is 1. The molecule has 1 amide bonds. The number of nitrogens with one attached hydrogen (secondary N) is 1. The SMILES string of the molecule is COc1ccc(C(=O)Nc2c(Cl)cncc2Cl)c(CCCS[C@@H]2C(=O)O[C@@]3(C)[C@H]2[C@@H](C)C(=O)[C@H](C)C[C@@](C)(OC)[C@H](O[C@@H]2O[C@H](C)C[C@H](N(C)C)[C@H]2O)[C@@H](C)[C@H](O[C@H]2C[C@@](C)(OC)[C@@H](O)[C@H](C)O2)[C@@H](C)C(=O)O[C@@H]3I)c1OC. The molecule has 0 spiro atoms. The molecule has 5 heterocycles. The van der Waals surface area contributed by atoms with Crippen LogP contribution in [-0.2, 0) is 58.7 Å². The highest BCUT2D eigenvalue weighted by Gasteiger charge is 2.62. The van der Waals surface area contributed by atoms with E-state index in [1.807, 2.05) is 69.3 Å². The van der Waals surface area contributed by atoms with Gasteiger partial charge in [0.1, 0.15) is 23.2 Å². The van der Waals surface area contributed by atoms with E-state index in [2.05, 4.69) is 10.3 Å². The third-order valence-electron chi connectivity index (χ3n) is 16.5. The summed E-state index contributed by atoms with van der Waals surface area (Å²) in [6.45, 7) is 16.0. The second-order valence-corrected chi connectivity index (χ2v) is 25.4. The molecule has 78 heavy (non-hydrogen) atoms. The number of rotatable bonds is 16. The molecule has 4 fully saturated rings. The smallest absolute Gasteiger partial charge is 0.320 e. The van der Waals surface area contributed by atoms with Crippen molar-refractivity contribution in [3.63, 3.8) is 0 Å². The van der Waals surface area contributed by atoms with Crippen molar-refractivity contribution in [1.82, 2.24) is 9.88 Å². The zero-order chi connectivity index (χ0) is 57.9. The van der Waals surface area contributed by atoms with Crippen molar-refractivity contribution in [3.05, 3.63) is 45.7 Å². The lowest BCUT2D eigenvalue weighted by molar-refractivity contribution is -0.319. The number of carbonyl (C=O) groups excluding carboxylic acids is 4. The summed E-state index contributed by atoms with van der Waals surface area (Å²) in [7, 11) is 9.76. The number of ether oxygens (including phenoxy) is 10. The van der Waals surface area contributed by atoms with Crippen LogP contribution in [-0.4, -0.2) is 173 Å². The molecular formula is C55H80Cl2IN3O16S. The summed E-state index contributed by atoms with van der Waals surface area (Å²) in [6.07, 6.45) is -3.21. The Morgan fingerprint density at radius 3 is 2.15 bits per heavy atom. The molecule has 1 aromatic heterocycles. The Morgan fingerprint density at radius 2 is 1.55 bits per heavy atom. The lowest BCUT2D eigenvalue weighted by atomic mass is 9.72. The lowest BCUT2D eigenvalue weighted by Gasteiger charge is -2.49. The van der Waals surface area contributed by atoms with Crippen LogP contribution in [0.2, 0.25) is 10.0 Å². The molecule has 0 unspecified atom stereocenters. The molecule has 23 heteroatoms. The highest BCUT2D eigenvalue weighted by Crippen LogP contribution is 2.51. The van der Waals surface area contributed by atoms with Crippen molar-refractivity contribution in [2.75, 3.05) is 53.6 Å². The maximum atomic E-state index is 15.3. The second kappa shape index (κ2) is 26.7. The summed E-state index contributed by atoms with van der Waals surface area (Å²) in [5, 5.41) is 25.2. The highest BCUT2D eigenvalue weighted by atomic mass is 127. The molecule has 4 saturated heterocycles. The zero-order valence-electron chi connectivity index (χ0n) is 47.3. The van der Waals surface area contributed by atoms with Gasteiger partial charge in [0.15, 0.2) is 33.8 Å². The number of nitrogens with zero attached hydrogens (tertiary/aromatic N) is 2. The Balaban J connectivity index is 1.36. The molecule has 4 aliphatic heterocycles. The monoisotopic (exact) mass is 1270 g/mol. The Bertz CT molecular complexity index is 2430. The number of hydrogen-bond donors (Lipinski definition) is 3. The van der Waals surface area contributed by atoms with Gasteiger partial charge in [-0.3, -0.25) is 24.2 Å². The largest absolute Gasteiger partial charge is 0.493 e. The van der Waals surface area contributed by atoms with Gasteiger partial charge in [-0.1, -0.05) is 44.0 Å². The number of hydrogen-bond acceptors (Lipinski definition) is 19. The van der Waals surface area contributed by atoms with Gasteiger partial charge in [0.05, 0.1) is 71.5 Å². The minimum Gasteiger partial charge on any atom is -0.493 e. The van der Waals surface area contributed by atoms with Crippen LogP contribution >= 0.6 is 57.6 Å². The number of esters is 2. The van der Waals surface area contributed by atoms with Gasteiger partial charge in [-0.25, -0.2) is 0 Å². The quantitative estimate of drug-likeness (QED) is 0.0627. The third-order valence-corrected chi connectivity index (χ3v) is 20.0. The summed E-state index contributed by atoms with van der Waals surface area (Å²) in [4.78, 5) is 64.4. The number of thioether (sulfide) groups is 1. The number of aliphatic hydroxyl groups excluding tert-OH is 2. The zero-order valence-corrected chi connectivity index (χ0v) is 51.8. The minimum absolute atomic E-state index is 0.0905. The van der Waals surface area contributed by atoms with Gasteiger partial charge in [-0.05, 0) is 122 Å². The first-order valence-electron chi connectivity index (χ1n) is 26.4. The second-order valence-electron chi connectivity index (χ2n) is 22.2. The Hall–Kier alpha value is -2.65. The van der Waals surface area contributed by atoms with Crippen molar-refractivity contribution >= 4 is 86.9 Å². The van der Waals surface area contributed by atoms with E-state index in [4.69, 9.17) is 70.6 Å². The number of carbonyl (C=O) groups is 4. The predicted octanol–water partition coefficient (Wildman–Crippen LogP) is 7.95. The van der Waals surface area contributed by atoms with E-state index in [9.17, 15) is 24.6 Å². The third kappa shape index (κ3) is 13.5. The lowest BCUT2D eigenvalue weighted by Crippen LogP contribution is -2.61. The number of anilines is 1. The van der Waals surface area contributed by atoms with Crippen molar-refractivity contribution in [2.24, 2.45) is 29.6 Å². The number of methoxy groups -OCH3 is 4. The first kappa shape index (κ1) is 64.5. The number of aromatic nitrogens is 1. The first-order valence-corrected chi connectivity index (χ1v) is 29.5. The Morgan fingerprint density at radius 1 is 0.897 bits per heavy atom.